The monoisotopic (exact) mass is 468 g/mol. The lowest BCUT2D eigenvalue weighted by Gasteiger charge is -2.18. The van der Waals surface area contributed by atoms with Crippen molar-refractivity contribution in [2.75, 3.05) is 18.2 Å². The molecule has 168 valence electrons. The Bertz CT molecular complexity index is 1340. The molecule has 3 heterocycles. The highest BCUT2D eigenvalue weighted by Gasteiger charge is 2.20. The summed E-state index contributed by atoms with van der Waals surface area (Å²) in [7, 11) is 0. The van der Waals surface area contributed by atoms with E-state index in [0.717, 1.165) is 23.0 Å². The summed E-state index contributed by atoms with van der Waals surface area (Å²) in [5.41, 5.74) is 0.812. The second kappa shape index (κ2) is 8.99. The maximum Gasteiger partial charge on any atom is 0.252 e. The molecule has 0 N–H and O–H groups in total. The minimum Gasteiger partial charge on any atom is -0.454 e. The van der Waals surface area contributed by atoms with E-state index in [1.807, 2.05) is 16.8 Å². The maximum absolute atomic E-state index is 14.2. The molecule has 0 saturated carbocycles. The Morgan fingerprint density at radius 2 is 2.09 bits per heavy atom. The van der Waals surface area contributed by atoms with Gasteiger partial charge in [0, 0.05) is 37.6 Å². The summed E-state index contributed by atoms with van der Waals surface area (Å²) in [6.07, 6.45) is 8.93. The number of fused-ring (bicyclic) bond motifs is 2. The maximum atomic E-state index is 14.2. The van der Waals surface area contributed by atoms with E-state index in [1.165, 1.54) is 17.0 Å². The summed E-state index contributed by atoms with van der Waals surface area (Å²) in [5, 5.41) is 0.306. The minimum absolute atomic E-state index is 0.0450. The van der Waals surface area contributed by atoms with E-state index >= 15 is 0 Å². The van der Waals surface area contributed by atoms with Crippen molar-refractivity contribution in [3.8, 4) is 11.5 Å². The molecule has 5 rings (SSSR count). The van der Waals surface area contributed by atoms with E-state index in [-0.39, 0.29) is 18.2 Å². The van der Waals surface area contributed by atoms with Crippen LogP contribution in [0.1, 0.15) is 12.0 Å². The first kappa shape index (κ1) is 21.1. The van der Waals surface area contributed by atoms with Gasteiger partial charge in [0.1, 0.15) is 11.3 Å². The number of imidazole rings is 1. The molecule has 0 bridgehead atoms. The molecule has 0 spiro atoms. The number of ether oxygens (including phenoxy) is 2. The van der Waals surface area contributed by atoms with Gasteiger partial charge in [-0.05, 0) is 36.3 Å². The summed E-state index contributed by atoms with van der Waals surface area (Å²) in [4.78, 5) is 22.9. The van der Waals surface area contributed by atoms with E-state index in [4.69, 9.17) is 9.47 Å². The molecule has 10 heteroatoms. The van der Waals surface area contributed by atoms with E-state index in [1.54, 1.807) is 30.7 Å². The molecule has 2 aromatic heterocycles. The van der Waals surface area contributed by atoms with Crippen LogP contribution in [0.4, 0.5) is 13.9 Å². The smallest absolute Gasteiger partial charge is 0.252 e. The molecule has 4 aromatic rings. The molecule has 2 aromatic carbocycles. The summed E-state index contributed by atoms with van der Waals surface area (Å²) in [6, 6.07) is 7.38. The van der Waals surface area contributed by atoms with Crippen molar-refractivity contribution in [1.29, 1.82) is 0 Å². The number of carbonyl (C=O) groups excluding carboxylic acids is 1. The molecule has 1 amide bonds. The number of benzene rings is 2. The van der Waals surface area contributed by atoms with Gasteiger partial charge in [0.15, 0.2) is 22.4 Å². The lowest BCUT2D eigenvalue weighted by atomic mass is 10.2. The van der Waals surface area contributed by atoms with E-state index in [0.29, 0.717) is 40.8 Å². The summed E-state index contributed by atoms with van der Waals surface area (Å²) in [5.74, 6) is -0.489. The second-order valence-electron chi connectivity index (χ2n) is 7.32. The lowest BCUT2D eigenvalue weighted by molar-refractivity contribution is -0.114. The summed E-state index contributed by atoms with van der Waals surface area (Å²) in [6.45, 7) is 1.15. The average Bonchev–Trinajstić information content (AvgIpc) is 3.55. The second-order valence-corrected chi connectivity index (χ2v) is 8.33. The predicted molar refractivity (Wildman–Crippen MR) is 120 cm³/mol. The van der Waals surface area contributed by atoms with E-state index in [9.17, 15) is 13.6 Å². The Hall–Kier alpha value is -3.79. The predicted octanol–water partition coefficient (Wildman–Crippen LogP) is 4.64. The molecule has 0 radical (unpaired) electrons. The number of thiazole rings is 1. The van der Waals surface area contributed by atoms with Crippen LogP contribution < -0.4 is 14.4 Å². The summed E-state index contributed by atoms with van der Waals surface area (Å²) >= 11 is 1.07. The van der Waals surface area contributed by atoms with Crippen LogP contribution in [0, 0.1) is 11.6 Å². The average molecular weight is 468 g/mol. The van der Waals surface area contributed by atoms with Crippen molar-refractivity contribution < 1.29 is 23.0 Å². The highest BCUT2D eigenvalue weighted by Crippen LogP contribution is 2.33. The SMILES string of the molecule is O=C(/C=C/c1ccc2c(c1)OCO2)N(CCCn1ccnc1)c1nc2c(F)cc(F)cc2s1. The Kier molecular flexibility index (Phi) is 5.74. The lowest BCUT2D eigenvalue weighted by Crippen LogP contribution is -2.30. The van der Waals surface area contributed by atoms with Gasteiger partial charge in [-0.15, -0.1) is 0 Å². The number of hydrogen-bond acceptors (Lipinski definition) is 6. The molecule has 33 heavy (non-hydrogen) atoms. The van der Waals surface area contributed by atoms with Crippen molar-refractivity contribution in [3.05, 3.63) is 72.3 Å². The minimum atomic E-state index is -0.755. The first-order chi connectivity index (χ1) is 16.1. The van der Waals surface area contributed by atoms with Gasteiger partial charge in [0.2, 0.25) is 6.79 Å². The zero-order chi connectivity index (χ0) is 22.8. The van der Waals surface area contributed by atoms with Crippen molar-refractivity contribution in [3.63, 3.8) is 0 Å². The fraction of sp³-hybridized carbons (Fsp3) is 0.174. The van der Waals surface area contributed by atoms with Crippen molar-refractivity contribution in [1.82, 2.24) is 14.5 Å². The molecule has 0 fully saturated rings. The first-order valence-electron chi connectivity index (χ1n) is 10.2. The van der Waals surface area contributed by atoms with Crippen molar-refractivity contribution in [2.24, 2.45) is 0 Å². The number of amides is 1. The Morgan fingerprint density at radius 1 is 1.21 bits per heavy atom. The van der Waals surface area contributed by atoms with Crippen molar-refractivity contribution in [2.45, 2.75) is 13.0 Å². The molecule has 0 aliphatic carbocycles. The first-order valence-corrected chi connectivity index (χ1v) is 11.0. The number of anilines is 1. The number of nitrogens with zero attached hydrogens (tertiary/aromatic N) is 4. The van der Waals surface area contributed by atoms with Gasteiger partial charge < -0.3 is 14.0 Å². The van der Waals surface area contributed by atoms with Crippen LogP contribution in [0.5, 0.6) is 11.5 Å². The van der Waals surface area contributed by atoms with Gasteiger partial charge in [-0.1, -0.05) is 17.4 Å². The van der Waals surface area contributed by atoms with Gasteiger partial charge in [-0.3, -0.25) is 9.69 Å². The van der Waals surface area contributed by atoms with E-state index in [2.05, 4.69) is 9.97 Å². The van der Waals surface area contributed by atoms with Crippen LogP contribution in [0.2, 0.25) is 0 Å². The third kappa shape index (κ3) is 4.56. The van der Waals surface area contributed by atoms with Crippen LogP contribution in [-0.2, 0) is 11.3 Å². The number of aryl methyl sites for hydroxylation is 1. The summed E-state index contributed by atoms with van der Waals surface area (Å²) < 4.78 is 40.8. The molecule has 7 nitrogen and oxygen atoms in total. The number of carbonyl (C=O) groups is 1. The van der Waals surface area contributed by atoms with Gasteiger partial charge in [0.25, 0.3) is 5.91 Å². The Morgan fingerprint density at radius 3 is 2.94 bits per heavy atom. The number of hydrogen-bond donors (Lipinski definition) is 0. The van der Waals surface area contributed by atoms with Crippen LogP contribution in [0.15, 0.2) is 55.1 Å². The quantitative estimate of drug-likeness (QED) is 0.370. The molecular formula is C23H18F2N4O3S. The highest BCUT2D eigenvalue weighted by molar-refractivity contribution is 7.22. The van der Waals surface area contributed by atoms with Gasteiger partial charge in [0.05, 0.1) is 11.0 Å². The normalized spacial score (nSPS) is 12.7. The molecule has 0 unspecified atom stereocenters. The van der Waals surface area contributed by atoms with E-state index < -0.39 is 11.6 Å². The van der Waals surface area contributed by atoms with Crippen LogP contribution in [0.3, 0.4) is 0 Å². The molecule has 1 aliphatic rings. The highest BCUT2D eigenvalue weighted by atomic mass is 32.1. The number of aromatic nitrogens is 3. The van der Waals surface area contributed by atoms with Gasteiger partial charge in [-0.2, -0.15) is 0 Å². The number of rotatable bonds is 7. The van der Waals surface area contributed by atoms with Crippen LogP contribution in [0.25, 0.3) is 16.3 Å². The van der Waals surface area contributed by atoms with Crippen LogP contribution in [-0.4, -0.2) is 33.8 Å². The Labute approximate surface area is 191 Å². The molecule has 1 aliphatic heterocycles. The topological polar surface area (TPSA) is 69.5 Å². The van der Waals surface area contributed by atoms with Gasteiger partial charge >= 0.3 is 0 Å². The van der Waals surface area contributed by atoms with Crippen molar-refractivity contribution >= 4 is 38.7 Å². The molecular weight excluding hydrogens is 450 g/mol. The number of halogens is 2. The molecule has 0 saturated heterocycles. The standard InChI is InChI=1S/C23H18F2N4O3S/c24-16-11-17(25)22-20(12-16)33-23(27-22)29(8-1-7-28-9-6-26-13-28)21(30)5-3-15-2-4-18-19(10-15)32-14-31-18/h2-6,9-13H,1,7-8,14H2/b5-3+. The molecule has 0 atom stereocenters. The Balaban J connectivity index is 1.40. The largest absolute Gasteiger partial charge is 0.454 e. The van der Waals surface area contributed by atoms with Crippen LogP contribution >= 0.6 is 11.3 Å². The third-order valence-corrected chi connectivity index (χ3v) is 6.10. The fourth-order valence-corrected chi connectivity index (χ4v) is 4.50. The third-order valence-electron chi connectivity index (χ3n) is 5.07. The fourth-order valence-electron chi connectivity index (χ4n) is 3.47. The zero-order valence-corrected chi connectivity index (χ0v) is 18.1. The zero-order valence-electron chi connectivity index (χ0n) is 17.3. The van der Waals surface area contributed by atoms with Gasteiger partial charge in [-0.25, -0.2) is 18.7 Å².